The lowest BCUT2D eigenvalue weighted by molar-refractivity contribution is -0.125. The third-order valence-corrected chi connectivity index (χ3v) is 4.05. The van der Waals surface area contributed by atoms with Crippen LogP contribution in [0.15, 0.2) is 48.5 Å². The fourth-order valence-electron chi connectivity index (χ4n) is 2.56. The van der Waals surface area contributed by atoms with Crippen molar-refractivity contribution < 1.29 is 14.4 Å². The molecule has 1 unspecified atom stereocenters. The van der Waals surface area contributed by atoms with Crippen molar-refractivity contribution in [2.45, 2.75) is 19.0 Å². The molecule has 1 aliphatic rings. The second-order valence-electron chi connectivity index (χ2n) is 5.67. The molecule has 6 nitrogen and oxygen atoms in total. The molecule has 2 aromatic rings. The predicted octanol–water partition coefficient (Wildman–Crippen LogP) is 2.10. The first-order chi connectivity index (χ1) is 12.0. The van der Waals surface area contributed by atoms with Gasteiger partial charge in [-0.05, 0) is 29.8 Å². The SMILES string of the molecule is O=C(CC1NC(=O)c2ccccc2NC1=O)NCc1cccc(Cl)c1. The van der Waals surface area contributed by atoms with Gasteiger partial charge in [0, 0.05) is 11.6 Å². The van der Waals surface area contributed by atoms with Gasteiger partial charge in [0.25, 0.3) is 5.91 Å². The Labute approximate surface area is 149 Å². The normalized spacial score (nSPS) is 16.3. The van der Waals surface area contributed by atoms with Gasteiger partial charge in [0.1, 0.15) is 6.04 Å². The van der Waals surface area contributed by atoms with Crippen LogP contribution in [0.2, 0.25) is 5.02 Å². The summed E-state index contributed by atoms with van der Waals surface area (Å²) in [5.74, 6) is -1.15. The largest absolute Gasteiger partial charge is 0.352 e. The van der Waals surface area contributed by atoms with E-state index >= 15 is 0 Å². The molecule has 7 heteroatoms. The number of nitrogens with one attached hydrogen (secondary N) is 3. The summed E-state index contributed by atoms with van der Waals surface area (Å²) in [6, 6.07) is 12.9. The molecule has 0 bridgehead atoms. The van der Waals surface area contributed by atoms with Gasteiger partial charge in [-0.2, -0.15) is 0 Å². The number of halogens is 1. The van der Waals surface area contributed by atoms with Gasteiger partial charge in [-0.3, -0.25) is 14.4 Å². The first-order valence-corrected chi connectivity index (χ1v) is 8.12. The summed E-state index contributed by atoms with van der Waals surface area (Å²) < 4.78 is 0. The minimum absolute atomic E-state index is 0.147. The van der Waals surface area contributed by atoms with Gasteiger partial charge in [0.05, 0.1) is 17.7 Å². The predicted molar refractivity (Wildman–Crippen MR) is 94.2 cm³/mol. The van der Waals surface area contributed by atoms with Crippen LogP contribution >= 0.6 is 11.6 Å². The maximum Gasteiger partial charge on any atom is 0.254 e. The molecule has 3 rings (SSSR count). The van der Waals surface area contributed by atoms with Crippen LogP contribution < -0.4 is 16.0 Å². The highest BCUT2D eigenvalue weighted by Crippen LogP contribution is 2.18. The van der Waals surface area contributed by atoms with Crippen molar-refractivity contribution >= 4 is 35.0 Å². The summed E-state index contributed by atoms with van der Waals surface area (Å²) in [7, 11) is 0. The average Bonchev–Trinajstić information content (AvgIpc) is 2.70. The molecule has 0 aromatic heterocycles. The van der Waals surface area contributed by atoms with Gasteiger partial charge in [0.15, 0.2) is 0 Å². The number of hydrogen-bond acceptors (Lipinski definition) is 3. The van der Waals surface area contributed by atoms with Crippen molar-refractivity contribution in [1.29, 1.82) is 0 Å². The molecule has 1 aliphatic heterocycles. The van der Waals surface area contributed by atoms with Crippen LogP contribution in [0.3, 0.4) is 0 Å². The molecule has 1 heterocycles. The van der Waals surface area contributed by atoms with Crippen LogP contribution in [0.1, 0.15) is 22.3 Å². The summed E-state index contributed by atoms with van der Waals surface area (Å²) in [6.07, 6.45) is -0.147. The van der Waals surface area contributed by atoms with E-state index in [-0.39, 0.29) is 18.2 Å². The number of para-hydroxylation sites is 1. The standard InChI is InChI=1S/C18H16ClN3O3/c19-12-5-3-4-11(8-12)10-20-16(23)9-15-18(25)21-14-7-2-1-6-13(14)17(24)22-15/h1-8,15H,9-10H2,(H,20,23)(H,21,25)(H,22,24). The number of anilines is 1. The Morgan fingerprint density at radius 3 is 2.72 bits per heavy atom. The van der Waals surface area contributed by atoms with Gasteiger partial charge in [-0.15, -0.1) is 0 Å². The monoisotopic (exact) mass is 357 g/mol. The molecular weight excluding hydrogens is 342 g/mol. The highest BCUT2D eigenvalue weighted by molar-refractivity contribution is 6.30. The summed E-state index contributed by atoms with van der Waals surface area (Å²) in [5, 5.41) is 8.56. The summed E-state index contributed by atoms with van der Waals surface area (Å²) in [6.45, 7) is 0.294. The van der Waals surface area contributed by atoms with E-state index in [1.165, 1.54) is 0 Å². The highest BCUT2D eigenvalue weighted by atomic mass is 35.5. The molecule has 2 aromatic carbocycles. The Kier molecular flexibility index (Phi) is 5.00. The van der Waals surface area contributed by atoms with E-state index in [1.807, 2.05) is 6.07 Å². The van der Waals surface area contributed by atoms with Crippen molar-refractivity contribution in [3.8, 4) is 0 Å². The van der Waals surface area contributed by atoms with E-state index < -0.39 is 11.9 Å². The molecule has 0 fully saturated rings. The van der Waals surface area contributed by atoms with Gasteiger partial charge in [-0.25, -0.2) is 0 Å². The Balaban J connectivity index is 1.62. The number of carbonyl (C=O) groups is 3. The van der Waals surface area contributed by atoms with Crippen LogP contribution in [-0.4, -0.2) is 23.8 Å². The van der Waals surface area contributed by atoms with Crippen molar-refractivity contribution in [2.75, 3.05) is 5.32 Å². The van der Waals surface area contributed by atoms with Crippen LogP contribution in [0.5, 0.6) is 0 Å². The minimum Gasteiger partial charge on any atom is -0.352 e. The summed E-state index contributed by atoms with van der Waals surface area (Å²) in [4.78, 5) is 36.6. The molecular formula is C18H16ClN3O3. The van der Waals surface area contributed by atoms with E-state index in [2.05, 4.69) is 16.0 Å². The molecule has 0 spiro atoms. The number of benzene rings is 2. The quantitative estimate of drug-likeness (QED) is 0.783. The fourth-order valence-corrected chi connectivity index (χ4v) is 2.77. The number of fused-ring (bicyclic) bond motifs is 1. The van der Waals surface area contributed by atoms with Crippen LogP contribution in [0, 0.1) is 0 Å². The Hall–Kier alpha value is -2.86. The second kappa shape index (κ2) is 7.36. The molecule has 25 heavy (non-hydrogen) atoms. The zero-order valence-electron chi connectivity index (χ0n) is 13.2. The van der Waals surface area contributed by atoms with E-state index in [0.29, 0.717) is 22.8 Å². The molecule has 1 atom stereocenters. The number of carbonyl (C=O) groups excluding carboxylic acids is 3. The zero-order chi connectivity index (χ0) is 17.8. The third kappa shape index (κ3) is 4.16. The van der Waals surface area contributed by atoms with Crippen LogP contribution in [0.25, 0.3) is 0 Å². The molecule has 128 valence electrons. The maximum absolute atomic E-state index is 12.3. The fraction of sp³-hybridized carbons (Fsp3) is 0.167. The lowest BCUT2D eigenvalue weighted by atomic mass is 10.1. The van der Waals surface area contributed by atoms with Crippen LogP contribution in [0.4, 0.5) is 5.69 Å². The Bertz CT molecular complexity index is 838. The van der Waals surface area contributed by atoms with Crippen LogP contribution in [-0.2, 0) is 16.1 Å². The maximum atomic E-state index is 12.3. The highest BCUT2D eigenvalue weighted by Gasteiger charge is 2.29. The van der Waals surface area contributed by atoms with Gasteiger partial charge in [0.2, 0.25) is 11.8 Å². The number of hydrogen-bond donors (Lipinski definition) is 3. The van der Waals surface area contributed by atoms with Crippen molar-refractivity contribution in [3.05, 3.63) is 64.7 Å². The topological polar surface area (TPSA) is 87.3 Å². The van der Waals surface area contributed by atoms with Gasteiger partial charge < -0.3 is 16.0 Å². The minimum atomic E-state index is -0.931. The van der Waals surface area contributed by atoms with Gasteiger partial charge in [-0.1, -0.05) is 35.9 Å². The van der Waals surface area contributed by atoms with Gasteiger partial charge >= 0.3 is 0 Å². The molecule has 0 saturated carbocycles. The van der Waals surface area contributed by atoms with E-state index in [4.69, 9.17) is 11.6 Å². The molecule has 3 amide bonds. The third-order valence-electron chi connectivity index (χ3n) is 3.82. The average molecular weight is 358 g/mol. The summed E-state index contributed by atoms with van der Waals surface area (Å²) >= 11 is 5.90. The van der Waals surface area contributed by atoms with Crippen molar-refractivity contribution in [1.82, 2.24) is 10.6 Å². The molecule has 0 aliphatic carbocycles. The zero-order valence-corrected chi connectivity index (χ0v) is 14.0. The summed E-state index contributed by atoms with van der Waals surface area (Å²) in [5.41, 5.74) is 1.66. The van der Waals surface area contributed by atoms with Crippen molar-refractivity contribution in [3.63, 3.8) is 0 Å². The number of amides is 3. The molecule has 0 saturated heterocycles. The first kappa shape index (κ1) is 17.0. The lowest BCUT2D eigenvalue weighted by Gasteiger charge is -2.14. The van der Waals surface area contributed by atoms with E-state index in [9.17, 15) is 14.4 Å². The second-order valence-corrected chi connectivity index (χ2v) is 6.11. The smallest absolute Gasteiger partial charge is 0.254 e. The first-order valence-electron chi connectivity index (χ1n) is 7.75. The van der Waals surface area contributed by atoms with E-state index in [1.54, 1.807) is 42.5 Å². The van der Waals surface area contributed by atoms with E-state index in [0.717, 1.165) is 5.56 Å². The number of rotatable bonds is 4. The Morgan fingerprint density at radius 2 is 1.92 bits per heavy atom. The molecule has 0 radical (unpaired) electrons. The Morgan fingerprint density at radius 1 is 1.12 bits per heavy atom. The van der Waals surface area contributed by atoms with Crippen molar-refractivity contribution in [2.24, 2.45) is 0 Å². The lowest BCUT2D eigenvalue weighted by Crippen LogP contribution is -2.44. The molecule has 3 N–H and O–H groups in total.